The van der Waals surface area contributed by atoms with E-state index in [9.17, 15) is 0 Å². The Morgan fingerprint density at radius 1 is 1.53 bits per heavy atom. The molecule has 0 atom stereocenters. The fourth-order valence-electron chi connectivity index (χ4n) is 1.09. The molecule has 2 aromatic rings. The average molecular weight is 225 g/mol. The van der Waals surface area contributed by atoms with Gasteiger partial charge in [-0.25, -0.2) is 9.97 Å². The third kappa shape index (κ3) is 2.66. The Hall–Kier alpha value is -1.62. The lowest BCUT2D eigenvalue weighted by atomic mass is 10.4. The van der Waals surface area contributed by atoms with Crippen molar-refractivity contribution in [3.05, 3.63) is 34.9 Å². The Morgan fingerprint density at radius 3 is 3.07 bits per heavy atom. The van der Waals surface area contributed by atoms with Crippen molar-refractivity contribution < 1.29 is 4.52 Å². The topological polar surface area (TPSA) is 63.8 Å². The van der Waals surface area contributed by atoms with Crippen molar-refractivity contribution in [2.24, 2.45) is 0 Å². The third-order valence-corrected chi connectivity index (χ3v) is 1.94. The van der Waals surface area contributed by atoms with Gasteiger partial charge in [-0.3, -0.25) is 0 Å². The van der Waals surface area contributed by atoms with Crippen molar-refractivity contribution in [2.75, 3.05) is 5.32 Å². The summed E-state index contributed by atoms with van der Waals surface area (Å²) in [6.07, 6.45) is 1.59. The first-order valence-electron chi connectivity index (χ1n) is 4.38. The molecule has 15 heavy (non-hydrogen) atoms. The highest BCUT2D eigenvalue weighted by molar-refractivity contribution is 6.29. The van der Waals surface area contributed by atoms with Gasteiger partial charge in [-0.2, -0.15) is 0 Å². The molecule has 0 fully saturated rings. The van der Waals surface area contributed by atoms with Gasteiger partial charge >= 0.3 is 0 Å². The molecule has 0 aliphatic rings. The van der Waals surface area contributed by atoms with Crippen LogP contribution in [0.1, 0.15) is 11.5 Å². The van der Waals surface area contributed by atoms with Gasteiger partial charge in [-0.1, -0.05) is 16.8 Å². The number of nitrogens with zero attached hydrogens (tertiary/aromatic N) is 3. The van der Waals surface area contributed by atoms with Crippen molar-refractivity contribution >= 4 is 17.5 Å². The van der Waals surface area contributed by atoms with Crippen molar-refractivity contribution in [1.29, 1.82) is 0 Å². The second-order valence-electron chi connectivity index (χ2n) is 2.99. The SMILES string of the molecule is Cc1cc(CNc2nccc(Cl)n2)no1. The fraction of sp³-hybridized carbons (Fsp3) is 0.222. The fourth-order valence-corrected chi connectivity index (χ4v) is 1.23. The van der Waals surface area contributed by atoms with E-state index >= 15 is 0 Å². The number of halogens is 1. The lowest BCUT2D eigenvalue weighted by molar-refractivity contribution is 0.391. The van der Waals surface area contributed by atoms with Crippen LogP contribution in [0.15, 0.2) is 22.9 Å². The second kappa shape index (κ2) is 4.27. The molecule has 0 saturated heterocycles. The Morgan fingerprint density at radius 2 is 2.40 bits per heavy atom. The van der Waals surface area contributed by atoms with Gasteiger partial charge in [0.1, 0.15) is 16.6 Å². The van der Waals surface area contributed by atoms with Crippen LogP contribution in [0.3, 0.4) is 0 Å². The molecule has 6 heteroatoms. The molecule has 5 nitrogen and oxygen atoms in total. The molecule has 2 rings (SSSR count). The highest BCUT2D eigenvalue weighted by Gasteiger charge is 2.01. The molecule has 2 aromatic heterocycles. The summed E-state index contributed by atoms with van der Waals surface area (Å²) in [7, 11) is 0. The first kappa shape index (κ1) is 9.92. The van der Waals surface area contributed by atoms with E-state index in [0.717, 1.165) is 11.5 Å². The van der Waals surface area contributed by atoms with E-state index in [4.69, 9.17) is 16.1 Å². The van der Waals surface area contributed by atoms with Crippen LogP contribution in [-0.2, 0) is 6.54 Å². The van der Waals surface area contributed by atoms with E-state index < -0.39 is 0 Å². The summed E-state index contributed by atoms with van der Waals surface area (Å²) in [5.41, 5.74) is 0.802. The van der Waals surface area contributed by atoms with E-state index in [1.807, 2.05) is 13.0 Å². The summed E-state index contributed by atoms with van der Waals surface area (Å²) < 4.78 is 4.92. The van der Waals surface area contributed by atoms with Crippen LogP contribution in [0.5, 0.6) is 0 Å². The Balaban J connectivity index is 1.99. The third-order valence-electron chi connectivity index (χ3n) is 1.73. The van der Waals surface area contributed by atoms with E-state index in [2.05, 4.69) is 20.4 Å². The van der Waals surface area contributed by atoms with Crippen molar-refractivity contribution in [3.8, 4) is 0 Å². The standard InChI is InChI=1S/C9H9ClN4O/c1-6-4-7(14-15-6)5-12-9-11-3-2-8(10)13-9/h2-4H,5H2,1H3,(H,11,12,13). The molecule has 2 heterocycles. The van der Waals surface area contributed by atoms with Crippen molar-refractivity contribution in [3.63, 3.8) is 0 Å². The summed E-state index contributed by atoms with van der Waals surface area (Å²) in [6, 6.07) is 3.46. The Labute approximate surface area is 91.5 Å². The molecular formula is C9H9ClN4O. The summed E-state index contributed by atoms with van der Waals surface area (Å²) in [5.74, 6) is 1.25. The average Bonchev–Trinajstić information content (AvgIpc) is 2.62. The maximum absolute atomic E-state index is 5.71. The predicted octanol–water partition coefficient (Wildman–Crippen LogP) is 2.04. The van der Waals surface area contributed by atoms with Gasteiger partial charge in [0.15, 0.2) is 0 Å². The molecule has 0 unspecified atom stereocenters. The first-order valence-corrected chi connectivity index (χ1v) is 4.76. The van der Waals surface area contributed by atoms with Gasteiger partial charge in [0.2, 0.25) is 5.95 Å². The van der Waals surface area contributed by atoms with Gasteiger partial charge in [0, 0.05) is 12.3 Å². The maximum atomic E-state index is 5.71. The molecule has 0 aliphatic carbocycles. The first-order chi connectivity index (χ1) is 7.24. The monoisotopic (exact) mass is 224 g/mol. The van der Waals surface area contributed by atoms with Crippen LogP contribution in [0.2, 0.25) is 5.15 Å². The van der Waals surface area contributed by atoms with Crippen LogP contribution < -0.4 is 5.32 Å². The smallest absolute Gasteiger partial charge is 0.224 e. The molecule has 0 saturated carbocycles. The maximum Gasteiger partial charge on any atom is 0.224 e. The van der Waals surface area contributed by atoms with Gasteiger partial charge < -0.3 is 9.84 Å². The molecule has 0 radical (unpaired) electrons. The highest BCUT2D eigenvalue weighted by Crippen LogP contribution is 2.07. The minimum atomic E-state index is 0.406. The largest absolute Gasteiger partial charge is 0.361 e. The Bertz CT molecular complexity index is 457. The van der Waals surface area contributed by atoms with Crippen molar-refractivity contribution in [1.82, 2.24) is 15.1 Å². The van der Waals surface area contributed by atoms with Crippen LogP contribution in [0.25, 0.3) is 0 Å². The number of aromatic nitrogens is 3. The molecule has 0 bridgehead atoms. The van der Waals surface area contributed by atoms with Gasteiger partial charge in [0.25, 0.3) is 0 Å². The summed E-state index contributed by atoms with van der Waals surface area (Å²) in [6.45, 7) is 2.35. The van der Waals surface area contributed by atoms with Crippen LogP contribution in [0, 0.1) is 6.92 Å². The van der Waals surface area contributed by atoms with Crippen LogP contribution in [0.4, 0.5) is 5.95 Å². The van der Waals surface area contributed by atoms with Crippen LogP contribution in [-0.4, -0.2) is 15.1 Å². The minimum absolute atomic E-state index is 0.406. The number of hydrogen-bond acceptors (Lipinski definition) is 5. The molecule has 0 amide bonds. The zero-order chi connectivity index (χ0) is 10.7. The molecular weight excluding hydrogens is 216 g/mol. The molecule has 0 aromatic carbocycles. The normalized spacial score (nSPS) is 10.3. The van der Waals surface area contributed by atoms with Crippen molar-refractivity contribution in [2.45, 2.75) is 13.5 Å². The molecule has 1 N–H and O–H groups in total. The number of anilines is 1. The van der Waals surface area contributed by atoms with Gasteiger partial charge in [0.05, 0.1) is 6.54 Å². The van der Waals surface area contributed by atoms with E-state index in [0.29, 0.717) is 17.6 Å². The van der Waals surface area contributed by atoms with E-state index in [1.54, 1.807) is 12.3 Å². The summed E-state index contributed by atoms with van der Waals surface area (Å²) >= 11 is 5.71. The predicted molar refractivity (Wildman–Crippen MR) is 55.6 cm³/mol. The zero-order valence-electron chi connectivity index (χ0n) is 8.07. The number of hydrogen-bond donors (Lipinski definition) is 1. The van der Waals surface area contributed by atoms with Gasteiger partial charge in [-0.05, 0) is 13.0 Å². The van der Waals surface area contributed by atoms with Crippen LogP contribution >= 0.6 is 11.6 Å². The highest BCUT2D eigenvalue weighted by atomic mass is 35.5. The second-order valence-corrected chi connectivity index (χ2v) is 3.37. The zero-order valence-corrected chi connectivity index (χ0v) is 8.82. The number of rotatable bonds is 3. The Kier molecular flexibility index (Phi) is 2.82. The van der Waals surface area contributed by atoms with E-state index in [1.165, 1.54) is 0 Å². The quantitative estimate of drug-likeness (QED) is 0.809. The lowest BCUT2D eigenvalue weighted by Gasteiger charge is -2.00. The molecule has 0 spiro atoms. The number of nitrogens with one attached hydrogen (secondary N) is 1. The van der Waals surface area contributed by atoms with E-state index in [-0.39, 0.29) is 0 Å². The molecule has 78 valence electrons. The molecule has 0 aliphatic heterocycles. The lowest BCUT2D eigenvalue weighted by Crippen LogP contribution is -2.03. The summed E-state index contributed by atoms with van der Waals surface area (Å²) in [4.78, 5) is 7.98. The minimum Gasteiger partial charge on any atom is -0.361 e. The number of aryl methyl sites for hydroxylation is 1. The summed E-state index contributed by atoms with van der Waals surface area (Å²) in [5, 5.41) is 7.22. The van der Waals surface area contributed by atoms with Gasteiger partial charge in [-0.15, -0.1) is 0 Å².